The molecule has 0 bridgehead atoms. The highest BCUT2D eigenvalue weighted by Gasteiger charge is 2.24. The van der Waals surface area contributed by atoms with Crippen LogP contribution in [0.4, 0.5) is 0 Å². The molecule has 0 spiro atoms. The summed E-state index contributed by atoms with van der Waals surface area (Å²) in [6, 6.07) is 1.64. The van der Waals surface area contributed by atoms with Crippen LogP contribution in [-0.4, -0.2) is 45.2 Å². The van der Waals surface area contributed by atoms with E-state index in [0.717, 1.165) is 0 Å². The molecule has 5 nitrogen and oxygen atoms in total. The van der Waals surface area contributed by atoms with E-state index in [1.165, 1.54) is 21.3 Å². The van der Waals surface area contributed by atoms with E-state index in [-0.39, 0.29) is 5.91 Å². The summed E-state index contributed by atoms with van der Waals surface area (Å²) in [5.41, 5.74) is 0.452. The third kappa shape index (κ3) is 3.50. The van der Waals surface area contributed by atoms with Crippen LogP contribution in [0.25, 0.3) is 0 Å². The topological polar surface area (TPSA) is 48.0 Å². The van der Waals surface area contributed by atoms with Gasteiger partial charge in [-0.3, -0.25) is 4.79 Å². The van der Waals surface area contributed by atoms with Gasteiger partial charge < -0.3 is 19.1 Å². The van der Waals surface area contributed by atoms with Crippen LogP contribution in [0.2, 0.25) is 0 Å². The number of methoxy groups -OCH3 is 3. The first-order chi connectivity index (χ1) is 10.0. The summed E-state index contributed by atoms with van der Waals surface area (Å²) in [6.45, 7) is 6.62. The van der Waals surface area contributed by atoms with Gasteiger partial charge in [0.2, 0.25) is 5.75 Å². The van der Waals surface area contributed by atoms with Gasteiger partial charge in [0.05, 0.1) is 31.4 Å². The third-order valence-electron chi connectivity index (χ3n) is 3.02. The summed E-state index contributed by atoms with van der Waals surface area (Å²) in [5, 5.41) is 0. The Bertz CT molecular complexity index is 531. The fourth-order valence-electron chi connectivity index (χ4n) is 1.96. The Hall–Kier alpha value is -1.69. The van der Waals surface area contributed by atoms with E-state index in [1.54, 1.807) is 17.0 Å². The first kappa shape index (κ1) is 17.4. The molecule has 116 valence electrons. The van der Waals surface area contributed by atoms with E-state index in [4.69, 9.17) is 14.2 Å². The van der Waals surface area contributed by atoms with Gasteiger partial charge >= 0.3 is 0 Å². The first-order valence-electron chi connectivity index (χ1n) is 6.44. The van der Waals surface area contributed by atoms with Crippen molar-refractivity contribution in [3.8, 4) is 17.2 Å². The van der Waals surface area contributed by atoms with Crippen LogP contribution in [0.1, 0.15) is 17.3 Å². The number of likely N-dealkylation sites (N-methyl/N-ethyl adjacent to an activating group) is 1. The molecular formula is C15H20BrNO4. The summed E-state index contributed by atoms with van der Waals surface area (Å²) in [7, 11) is 4.54. The smallest absolute Gasteiger partial charge is 0.255 e. The maximum absolute atomic E-state index is 12.6. The van der Waals surface area contributed by atoms with Gasteiger partial charge in [-0.15, -0.1) is 6.58 Å². The fraction of sp³-hybridized carbons (Fsp3) is 0.400. The number of nitrogens with zero attached hydrogens (tertiary/aromatic N) is 1. The predicted octanol–water partition coefficient (Wildman–Crippen LogP) is 3.12. The highest BCUT2D eigenvalue weighted by atomic mass is 79.9. The molecular weight excluding hydrogens is 338 g/mol. The number of hydrogen-bond acceptors (Lipinski definition) is 4. The number of carbonyl (C=O) groups excluding carboxylic acids is 1. The predicted molar refractivity (Wildman–Crippen MR) is 85.6 cm³/mol. The molecule has 21 heavy (non-hydrogen) atoms. The number of carbonyl (C=O) groups is 1. The van der Waals surface area contributed by atoms with Crippen molar-refractivity contribution >= 4 is 21.8 Å². The molecule has 0 unspecified atom stereocenters. The molecule has 0 atom stereocenters. The Balaban J connectivity index is 3.42. The monoisotopic (exact) mass is 357 g/mol. The summed E-state index contributed by atoms with van der Waals surface area (Å²) in [5.74, 6) is 1.17. The minimum atomic E-state index is -0.136. The van der Waals surface area contributed by atoms with E-state index in [0.29, 0.717) is 40.4 Å². The Labute approximate surface area is 133 Å². The maximum Gasteiger partial charge on any atom is 0.255 e. The van der Waals surface area contributed by atoms with Crippen molar-refractivity contribution in [1.29, 1.82) is 0 Å². The first-order valence-corrected chi connectivity index (χ1v) is 7.23. The van der Waals surface area contributed by atoms with Crippen molar-refractivity contribution in [3.63, 3.8) is 0 Å². The molecule has 0 heterocycles. The molecule has 0 aliphatic heterocycles. The van der Waals surface area contributed by atoms with Gasteiger partial charge in [-0.05, 0) is 28.9 Å². The zero-order valence-corrected chi connectivity index (χ0v) is 14.3. The van der Waals surface area contributed by atoms with Crippen molar-refractivity contribution in [2.75, 3.05) is 34.4 Å². The highest BCUT2D eigenvalue weighted by Crippen LogP contribution is 2.44. The van der Waals surface area contributed by atoms with Gasteiger partial charge in [-0.2, -0.15) is 0 Å². The van der Waals surface area contributed by atoms with Gasteiger partial charge in [0, 0.05) is 13.1 Å². The van der Waals surface area contributed by atoms with Crippen LogP contribution in [0.3, 0.4) is 0 Å². The number of benzene rings is 1. The average molecular weight is 358 g/mol. The fourth-order valence-corrected chi connectivity index (χ4v) is 2.58. The second-order valence-electron chi connectivity index (χ2n) is 4.14. The SMILES string of the molecule is C=CCN(CC)C(=O)c1cc(OC)c(OC)c(OC)c1Br. The second kappa shape index (κ2) is 7.93. The van der Waals surface area contributed by atoms with Gasteiger partial charge in [0.25, 0.3) is 5.91 Å². The van der Waals surface area contributed by atoms with Crippen molar-refractivity contribution in [1.82, 2.24) is 4.90 Å². The van der Waals surface area contributed by atoms with Gasteiger partial charge in [0.1, 0.15) is 0 Å². The van der Waals surface area contributed by atoms with Crippen LogP contribution in [-0.2, 0) is 0 Å². The zero-order chi connectivity index (χ0) is 16.0. The number of ether oxygens (including phenoxy) is 3. The lowest BCUT2D eigenvalue weighted by Gasteiger charge is -2.22. The lowest BCUT2D eigenvalue weighted by Crippen LogP contribution is -2.31. The van der Waals surface area contributed by atoms with Gasteiger partial charge in [-0.1, -0.05) is 6.08 Å². The van der Waals surface area contributed by atoms with Gasteiger partial charge in [0.15, 0.2) is 11.5 Å². The van der Waals surface area contributed by atoms with Crippen molar-refractivity contribution in [2.45, 2.75) is 6.92 Å². The van der Waals surface area contributed by atoms with E-state index in [9.17, 15) is 4.79 Å². The molecule has 0 saturated heterocycles. The molecule has 0 saturated carbocycles. The molecule has 0 aromatic heterocycles. The molecule has 0 aliphatic carbocycles. The Morgan fingerprint density at radius 2 is 1.90 bits per heavy atom. The number of amides is 1. The molecule has 0 fully saturated rings. The van der Waals surface area contributed by atoms with Crippen molar-refractivity contribution < 1.29 is 19.0 Å². The molecule has 1 rings (SSSR count). The summed E-state index contributed by atoms with van der Waals surface area (Å²) < 4.78 is 16.4. The number of halogens is 1. The summed E-state index contributed by atoms with van der Waals surface area (Å²) in [6.07, 6.45) is 1.69. The normalized spacial score (nSPS) is 9.95. The largest absolute Gasteiger partial charge is 0.493 e. The van der Waals surface area contributed by atoms with E-state index >= 15 is 0 Å². The molecule has 0 aliphatic rings. The Morgan fingerprint density at radius 3 is 2.33 bits per heavy atom. The molecule has 0 radical (unpaired) electrons. The molecule has 1 amide bonds. The van der Waals surface area contributed by atoms with Crippen LogP contribution >= 0.6 is 15.9 Å². The van der Waals surface area contributed by atoms with Crippen LogP contribution < -0.4 is 14.2 Å². The Kier molecular flexibility index (Phi) is 6.55. The van der Waals surface area contributed by atoms with Crippen LogP contribution in [0, 0.1) is 0 Å². The highest BCUT2D eigenvalue weighted by molar-refractivity contribution is 9.10. The molecule has 1 aromatic carbocycles. The van der Waals surface area contributed by atoms with E-state index < -0.39 is 0 Å². The molecule has 1 aromatic rings. The van der Waals surface area contributed by atoms with Crippen molar-refractivity contribution in [2.24, 2.45) is 0 Å². The van der Waals surface area contributed by atoms with Crippen molar-refractivity contribution in [3.05, 3.63) is 28.8 Å². The number of hydrogen-bond donors (Lipinski definition) is 0. The van der Waals surface area contributed by atoms with Crippen LogP contribution in [0.15, 0.2) is 23.2 Å². The number of rotatable bonds is 7. The quantitative estimate of drug-likeness (QED) is 0.703. The second-order valence-corrected chi connectivity index (χ2v) is 4.93. The molecule has 0 N–H and O–H groups in total. The molecule has 6 heteroatoms. The van der Waals surface area contributed by atoms with Gasteiger partial charge in [-0.25, -0.2) is 0 Å². The summed E-state index contributed by atoms with van der Waals surface area (Å²) >= 11 is 3.41. The zero-order valence-electron chi connectivity index (χ0n) is 12.7. The maximum atomic E-state index is 12.6. The average Bonchev–Trinajstić information content (AvgIpc) is 2.51. The minimum Gasteiger partial charge on any atom is -0.493 e. The van der Waals surface area contributed by atoms with E-state index in [1.807, 2.05) is 6.92 Å². The Morgan fingerprint density at radius 1 is 1.29 bits per heavy atom. The lowest BCUT2D eigenvalue weighted by atomic mass is 10.1. The third-order valence-corrected chi connectivity index (χ3v) is 3.81. The van der Waals surface area contributed by atoms with E-state index in [2.05, 4.69) is 22.5 Å². The lowest BCUT2D eigenvalue weighted by molar-refractivity contribution is 0.0780. The van der Waals surface area contributed by atoms with Crippen LogP contribution in [0.5, 0.6) is 17.2 Å². The minimum absolute atomic E-state index is 0.136. The standard InChI is InChI=1S/C15H20BrNO4/c1-6-8-17(7-2)15(18)10-9-11(19-3)13(20-4)14(21-5)12(10)16/h6,9H,1,7-8H2,2-5H3. The summed E-state index contributed by atoms with van der Waals surface area (Å²) in [4.78, 5) is 14.3.